The van der Waals surface area contributed by atoms with Crippen molar-refractivity contribution in [2.45, 2.75) is 19.6 Å². The molecule has 0 bridgehead atoms. The van der Waals surface area contributed by atoms with Crippen LogP contribution in [0.4, 0.5) is 0 Å². The van der Waals surface area contributed by atoms with Gasteiger partial charge in [-0.2, -0.15) is 0 Å². The Morgan fingerprint density at radius 1 is 0.769 bits per heavy atom. The molecule has 0 N–H and O–H groups in total. The highest BCUT2D eigenvalue weighted by atomic mass is 16.5. The lowest BCUT2D eigenvalue weighted by Gasteiger charge is -2.18. The first-order valence-electron chi connectivity index (χ1n) is 8.89. The van der Waals surface area contributed by atoms with Crippen LogP contribution < -0.4 is 9.47 Å². The van der Waals surface area contributed by atoms with Crippen molar-refractivity contribution in [2.75, 3.05) is 6.54 Å². The van der Waals surface area contributed by atoms with E-state index in [1.54, 1.807) is 0 Å². The average Bonchev–Trinajstić information content (AvgIpc) is 2.72. The van der Waals surface area contributed by atoms with E-state index >= 15 is 0 Å². The third kappa shape index (κ3) is 3.94. The van der Waals surface area contributed by atoms with Crippen LogP contribution in [0.3, 0.4) is 0 Å². The number of benzene rings is 3. The zero-order chi connectivity index (χ0) is 17.6. The number of hydrogen-bond acceptors (Lipinski definition) is 3. The van der Waals surface area contributed by atoms with Gasteiger partial charge in [0.2, 0.25) is 0 Å². The quantitative estimate of drug-likeness (QED) is 0.642. The predicted molar refractivity (Wildman–Crippen MR) is 104 cm³/mol. The molecule has 4 rings (SSSR count). The van der Waals surface area contributed by atoms with Crippen LogP contribution in [0.2, 0.25) is 0 Å². The molecule has 0 aliphatic carbocycles. The molecule has 1 aliphatic heterocycles. The third-order valence-corrected chi connectivity index (χ3v) is 4.42. The van der Waals surface area contributed by atoms with Crippen molar-refractivity contribution in [1.29, 1.82) is 0 Å². The Hall–Kier alpha value is -3.07. The summed E-state index contributed by atoms with van der Waals surface area (Å²) in [6.45, 7) is 1.89. The molecule has 0 radical (unpaired) electrons. The second-order valence-electron chi connectivity index (χ2n) is 6.33. The van der Waals surface area contributed by atoms with Crippen molar-refractivity contribution >= 4 is 6.21 Å². The Kier molecular flexibility index (Phi) is 4.97. The van der Waals surface area contributed by atoms with E-state index in [9.17, 15) is 0 Å². The molecule has 0 unspecified atom stereocenters. The fraction of sp³-hybridized carbons (Fsp3) is 0.174. The van der Waals surface area contributed by atoms with Gasteiger partial charge in [-0.05, 0) is 29.2 Å². The van der Waals surface area contributed by atoms with Gasteiger partial charge in [0, 0.05) is 24.4 Å². The van der Waals surface area contributed by atoms with Crippen LogP contribution in [0.5, 0.6) is 11.5 Å². The van der Waals surface area contributed by atoms with E-state index < -0.39 is 0 Å². The first-order chi connectivity index (χ1) is 12.9. The molecule has 0 atom stereocenters. The van der Waals surface area contributed by atoms with Gasteiger partial charge < -0.3 is 9.47 Å². The van der Waals surface area contributed by atoms with Gasteiger partial charge in [-0.3, -0.25) is 4.99 Å². The minimum Gasteiger partial charge on any atom is -0.489 e. The second kappa shape index (κ2) is 7.87. The third-order valence-electron chi connectivity index (χ3n) is 4.42. The van der Waals surface area contributed by atoms with Crippen molar-refractivity contribution in [3.63, 3.8) is 0 Å². The highest BCUT2D eigenvalue weighted by molar-refractivity contribution is 5.87. The van der Waals surface area contributed by atoms with Crippen molar-refractivity contribution in [1.82, 2.24) is 0 Å². The summed E-state index contributed by atoms with van der Waals surface area (Å²) in [4.78, 5) is 4.41. The van der Waals surface area contributed by atoms with Gasteiger partial charge in [0.15, 0.2) is 0 Å². The van der Waals surface area contributed by atoms with Crippen LogP contribution in [0, 0.1) is 0 Å². The fourth-order valence-electron chi connectivity index (χ4n) is 3.03. The minimum absolute atomic E-state index is 0.531. The Balaban J connectivity index is 1.54. The second-order valence-corrected chi connectivity index (χ2v) is 6.33. The SMILES string of the molecule is C1=NCCc2cc(OCc3ccccc3)cc(OCc3ccccc3)c21. The summed E-state index contributed by atoms with van der Waals surface area (Å²) in [6, 6.07) is 24.5. The molecule has 0 saturated heterocycles. The molecule has 0 spiro atoms. The molecule has 3 nitrogen and oxygen atoms in total. The standard InChI is InChI=1S/C23H21NO2/c1-3-7-18(8-4-1)16-25-21-13-20-11-12-24-15-22(20)23(14-21)26-17-19-9-5-2-6-10-19/h1-10,13-15H,11-12,16-17H2. The number of nitrogens with zero attached hydrogens (tertiary/aromatic N) is 1. The van der Waals surface area contributed by atoms with E-state index in [1.807, 2.05) is 48.7 Å². The van der Waals surface area contributed by atoms with Crippen LogP contribution in [0.25, 0.3) is 0 Å². The van der Waals surface area contributed by atoms with Crippen LogP contribution in [0.1, 0.15) is 22.3 Å². The van der Waals surface area contributed by atoms with E-state index in [0.29, 0.717) is 13.2 Å². The molecule has 130 valence electrons. The van der Waals surface area contributed by atoms with E-state index in [0.717, 1.165) is 41.2 Å². The molecule has 3 heteroatoms. The predicted octanol–water partition coefficient (Wildman–Crippen LogP) is 4.82. The smallest absolute Gasteiger partial charge is 0.132 e. The van der Waals surface area contributed by atoms with Gasteiger partial charge >= 0.3 is 0 Å². The summed E-state index contributed by atoms with van der Waals surface area (Å²) in [6.07, 6.45) is 2.83. The van der Waals surface area contributed by atoms with Gasteiger partial charge in [-0.25, -0.2) is 0 Å². The number of hydrogen-bond donors (Lipinski definition) is 0. The van der Waals surface area contributed by atoms with Crippen LogP contribution in [-0.4, -0.2) is 12.8 Å². The Labute approximate surface area is 153 Å². The lowest BCUT2D eigenvalue weighted by atomic mass is 10.0. The molecule has 0 amide bonds. The molecule has 0 aromatic heterocycles. The van der Waals surface area contributed by atoms with Gasteiger partial charge in [0.25, 0.3) is 0 Å². The van der Waals surface area contributed by atoms with E-state index in [-0.39, 0.29) is 0 Å². The van der Waals surface area contributed by atoms with Crippen LogP contribution in [0.15, 0.2) is 77.8 Å². The Bertz CT molecular complexity index is 889. The summed E-state index contributed by atoms with van der Waals surface area (Å²) < 4.78 is 12.1. The van der Waals surface area contributed by atoms with Gasteiger partial charge in [0.05, 0.1) is 0 Å². The van der Waals surface area contributed by atoms with Gasteiger partial charge in [-0.15, -0.1) is 0 Å². The highest BCUT2D eigenvalue weighted by Crippen LogP contribution is 2.31. The minimum atomic E-state index is 0.531. The number of ether oxygens (including phenoxy) is 2. The normalized spacial score (nSPS) is 12.5. The van der Waals surface area contributed by atoms with Crippen molar-refractivity contribution in [3.8, 4) is 11.5 Å². The molecule has 0 fully saturated rings. The maximum Gasteiger partial charge on any atom is 0.132 e. The number of aliphatic imine (C=N–C) groups is 1. The monoisotopic (exact) mass is 343 g/mol. The van der Waals surface area contributed by atoms with Crippen molar-refractivity contribution in [2.24, 2.45) is 4.99 Å². The Morgan fingerprint density at radius 3 is 2.12 bits per heavy atom. The fourth-order valence-corrected chi connectivity index (χ4v) is 3.03. The maximum absolute atomic E-state index is 6.11. The zero-order valence-electron chi connectivity index (χ0n) is 14.6. The largest absolute Gasteiger partial charge is 0.489 e. The van der Waals surface area contributed by atoms with E-state index in [1.165, 1.54) is 5.56 Å². The molecule has 1 heterocycles. The topological polar surface area (TPSA) is 30.8 Å². The molecule has 3 aromatic carbocycles. The van der Waals surface area contributed by atoms with Gasteiger partial charge in [0.1, 0.15) is 24.7 Å². The van der Waals surface area contributed by atoms with Crippen LogP contribution >= 0.6 is 0 Å². The first kappa shape index (κ1) is 16.4. The highest BCUT2D eigenvalue weighted by Gasteiger charge is 2.14. The summed E-state index contributed by atoms with van der Waals surface area (Å²) in [5, 5.41) is 0. The molecule has 0 saturated carbocycles. The summed E-state index contributed by atoms with van der Waals surface area (Å²) in [5.41, 5.74) is 4.59. The molecular formula is C23H21NO2. The van der Waals surface area contributed by atoms with E-state index in [4.69, 9.17) is 9.47 Å². The molecular weight excluding hydrogens is 322 g/mol. The average molecular weight is 343 g/mol. The van der Waals surface area contributed by atoms with Crippen molar-refractivity contribution < 1.29 is 9.47 Å². The van der Waals surface area contributed by atoms with E-state index in [2.05, 4.69) is 35.3 Å². The number of rotatable bonds is 6. The molecule has 3 aromatic rings. The molecule has 1 aliphatic rings. The van der Waals surface area contributed by atoms with Crippen LogP contribution in [-0.2, 0) is 19.6 Å². The summed E-state index contributed by atoms with van der Waals surface area (Å²) in [7, 11) is 0. The summed E-state index contributed by atoms with van der Waals surface area (Å²) >= 11 is 0. The Morgan fingerprint density at radius 2 is 1.42 bits per heavy atom. The summed E-state index contributed by atoms with van der Waals surface area (Å²) in [5.74, 6) is 1.67. The maximum atomic E-state index is 6.11. The molecule has 26 heavy (non-hydrogen) atoms. The van der Waals surface area contributed by atoms with Crippen molar-refractivity contribution in [3.05, 3.63) is 95.1 Å². The first-order valence-corrected chi connectivity index (χ1v) is 8.89. The number of fused-ring (bicyclic) bond motifs is 1. The lowest BCUT2D eigenvalue weighted by Crippen LogP contribution is -2.08. The van der Waals surface area contributed by atoms with Gasteiger partial charge in [-0.1, -0.05) is 60.7 Å². The zero-order valence-corrected chi connectivity index (χ0v) is 14.6. The lowest BCUT2D eigenvalue weighted by molar-refractivity contribution is 0.289.